The quantitative estimate of drug-likeness (QED) is 0.315. The van der Waals surface area contributed by atoms with Crippen LogP contribution in [-0.4, -0.2) is 21.9 Å². The van der Waals surface area contributed by atoms with E-state index in [0.717, 1.165) is 6.08 Å². The maximum Gasteiger partial charge on any atom is 0.272 e. The Kier molecular flexibility index (Phi) is 4.33. The average molecular weight is 454 g/mol. The van der Waals surface area contributed by atoms with Gasteiger partial charge in [0.15, 0.2) is 5.78 Å². The van der Waals surface area contributed by atoms with Gasteiger partial charge in [0.05, 0.1) is 14.6 Å². The van der Waals surface area contributed by atoms with Gasteiger partial charge in [0, 0.05) is 11.6 Å². The molecule has 6 nitrogen and oxygen atoms in total. The number of hydrogen-bond donors (Lipinski definition) is 4. The Morgan fingerprint density at radius 3 is 2.42 bits per heavy atom. The van der Waals surface area contributed by atoms with E-state index in [-0.39, 0.29) is 22.8 Å². The van der Waals surface area contributed by atoms with E-state index in [1.54, 1.807) is 12.1 Å². The first-order valence-corrected chi connectivity index (χ1v) is 8.30. The number of phenolic OH excluding ortho intramolecular Hbond substituents is 2. The summed E-state index contributed by atoms with van der Waals surface area (Å²) in [6, 6.07) is 7.60. The highest BCUT2D eigenvalue weighted by atomic mass is 79.9. The van der Waals surface area contributed by atoms with E-state index in [2.05, 4.69) is 42.5 Å². The van der Waals surface area contributed by atoms with Crippen molar-refractivity contribution in [3.63, 3.8) is 0 Å². The summed E-state index contributed by atoms with van der Waals surface area (Å²) in [6.45, 7) is 0. The van der Waals surface area contributed by atoms with Gasteiger partial charge in [-0.2, -0.15) is 0 Å². The number of para-hydroxylation sites is 1. The minimum absolute atomic E-state index is 0.00863. The van der Waals surface area contributed by atoms with Crippen LogP contribution in [0.1, 0.15) is 10.4 Å². The number of rotatable bonds is 2. The zero-order valence-electron chi connectivity index (χ0n) is 11.9. The van der Waals surface area contributed by atoms with Gasteiger partial charge in [0.2, 0.25) is 0 Å². The predicted octanol–water partition coefficient (Wildman–Crippen LogP) is 3.75. The predicted molar refractivity (Wildman–Crippen MR) is 96.3 cm³/mol. The second-order valence-corrected chi connectivity index (χ2v) is 6.70. The van der Waals surface area contributed by atoms with Gasteiger partial charge < -0.3 is 20.8 Å². The number of benzene rings is 2. The number of allylic oxidation sites excluding steroid dienone is 1. The van der Waals surface area contributed by atoms with E-state index in [1.807, 2.05) is 0 Å². The number of hydrogen-bond acceptors (Lipinski definition) is 5. The molecule has 0 aromatic heterocycles. The third kappa shape index (κ3) is 3.02. The molecule has 0 fully saturated rings. The number of fused-ring (bicyclic) bond motifs is 1. The number of aromatic hydroxyl groups is 2. The second kappa shape index (κ2) is 6.29. The van der Waals surface area contributed by atoms with E-state index in [9.17, 15) is 19.8 Å². The number of halogens is 2. The van der Waals surface area contributed by atoms with Gasteiger partial charge in [0.1, 0.15) is 22.9 Å². The molecule has 2 aromatic rings. The molecule has 122 valence electrons. The van der Waals surface area contributed by atoms with Crippen LogP contribution in [0.5, 0.6) is 11.5 Å². The summed E-state index contributed by atoms with van der Waals surface area (Å²) in [6.07, 6.45) is 1.13. The Hall–Kier alpha value is -2.32. The van der Waals surface area contributed by atoms with Crippen molar-refractivity contribution < 1.29 is 19.8 Å². The molecular weight excluding hydrogens is 444 g/mol. The monoisotopic (exact) mass is 452 g/mol. The Morgan fingerprint density at radius 2 is 1.75 bits per heavy atom. The molecule has 1 aliphatic rings. The van der Waals surface area contributed by atoms with Crippen molar-refractivity contribution in [2.45, 2.75) is 0 Å². The third-order valence-corrected chi connectivity index (χ3v) is 4.58. The van der Waals surface area contributed by atoms with Crippen LogP contribution in [-0.2, 0) is 4.79 Å². The van der Waals surface area contributed by atoms with Crippen molar-refractivity contribution in [2.75, 3.05) is 10.6 Å². The highest BCUT2D eigenvalue weighted by molar-refractivity contribution is 9.11. The molecule has 0 aliphatic carbocycles. The van der Waals surface area contributed by atoms with E-state index >= 15 is 0 Å². The van der Waals surface area contributed by atoms with Gasteiger partial charge in [-0.05, 0) is 56.1 Å². The van der Waals surface area contributed by atoms with Gasteiger partial charge in [-0.15, -0.1) is 0 Å². The first kappa shape index (κ1) is 16.5. The topological polar surface area (TPSA) is 98.7 Å². The van der Waals surface area contributed by atoms with Gasteiger partial charge >= 0.3 is 0 Å². The zero-order chi connectivity index (χ0) is 17.4. The molecule has 0 bridgehead atoms. The molecule has 4 N–H and O–H groups in total. The Morgan fingerprint density at radius 1 is 1.08 bits per heavy atom. The van der Waals surface area contributed by atoms with Crippen LogP contribution < -0.4 is 10.6 Å². The molecule has 1 amide bonds. The van der Waals surface area contributed by atoms with Crippen LogP contribution in [0.2, 0.25) is 0 Å². The lowest BCUT2D eigenvalue weighted by Crippen LogP contribution is -2.26. The number of carbonyl (C=O) groups is 2. The lowest BCUT2D eigenvalue weighted by Gasteiger charge is -2.21. The Labute approximate surface area is 153 Å². The molecule has 3 rings (SSSR count). The van der Waals surface area contributed by atoms with Crippen LogP contribution in [0.25, 0.3) is 0 Å². The van der Waals surface area contributed by atoms with E-state index in [0.29, 0.717) is 20.3 Å². The number of anilines is 2. The van der Waals surface area contributed by atoms with Crippen molar-refractivity contribution >= 4 is 54.9 Å². The van der Waals surface area contributed by atoms with Crippen molar-refractivity contribution in [1.82, 2.24) is 0 Å². The van der Waals surface area contributed by atoms with Crippen molar-refractivity contribution in [3.05, 3.63) is 56.6 Å². The summed E-state index contributed by atoms with van der Waals surface area (Å²) >= 11 is 6.30. The summed E-state index contributed by atoms with van der Waals surface area (Å²) in [5.74, 6) is -0.987. The summed E-state index contributed by atoms with van der Waals surface area (Å²) in [4.78, 5) is 24.5. The minimum atomic E-state index is -0.488. The number of ketones is 1. The summed E-state index contributed by atoms with van der Waals surface area (Å²) in [5, 5.41) is 24.9. The number of phenols is 2. The van der Waals surface area contributed by atoms with Crippen molar-refractivity contribution in [3.8, 4) is 11.5 Å². The van der Waals surface area contributed by atoms with E-state index < -0.39 is 11.7 Å². The third-order valence-electron chi connectivity index (χ3n) is 3.37. The highest BCUT2D eigenvalue weighted by Gasteiger charge is 2.23. The standard InChI is InChI=1S/C16H10Br2N2O4/c17-8-4-7(5-9(18)15(8)23)13(22)6-11-16(24)20-10-2-1-3-12(21)14(10)19-11/h1-6,19,21,23H,(H,20,24). The normalized spacial score (nSPS) is 14.8. The molecule has 0 spiro atoms. The fourth-order valence-corrected chi connectivity index (χ4v) is 3.37. The SMILES string of the molecule is O=C1Nc2cccc(O)c2NC1=CC(=O)c1cc(Br)c(O)c(Br)c1. The van der Waals surface area contributed by atoms with Crippen molar-refractivity contribution in [1.29, 1.82) is 0 Å². The molecule has 24 heavy (non-hydrogen) atoms. The van der Waals surface area contributed by atoms with Crippen LogP contribution in [0.3, 0.4) is 0 Å². The molecule has 1 heterocycles. The molecule has 0 unspecified atom stereocenters. The lowest BCUT2D eigenvalue weighted by molar-refractivity contribution is -0.112. The fraction of sp³-hybridized carbons (Fsp3) is 0. The highest BCUT2D eigenvalue weighted by Crippen LogP contribution is 2.36. The molecule has 1 aliphatic heterocycles. The maximum atomic E-state index is 12.4. The minimum Gasteiger partial charge on any atom is -0.506 e. The fourth-order valence-electron chi connectivity index (χ4n) is 2.18. The molecule has 0 atom stereocenters. The van der Waals surface area contributed by atoms with Crippen LogP contribution in [0.15, 0.2) is 51.1 Å². The summed E-state index contributed by atoms with van der Waals surface area (Å²) in [5.41, 5.74) is 1.04. The number of nitrogens with one attached hydrogen (secondary N) is 2. The van der Waals surface area contributed by atoms with E-state index in [4.69, 9.17) is 0 Å². The zero-order valence-corrected chi connectivity index (χ0v) is 15.1. The largest absolute Gasteiger partial charge is 0.506 e. The van der Waals surface area contributed by atoms with Crippen molar-refractivity contribution in [2.24, 2.45) is 0 Å². The smallest absolute Gasteiger partial charge is 0.272 e. The molecule has 0 saturated heterocycles. The molecule has 2 aromatic carbocycles. The first-order chi connectivity index (χ1) is 11.4. The summed E-state index contributed by atoms with van der Waals surface area (Å²) in [7, 11) is 0. The second-order valence-electron chi connectivity index (χ2n) is 4.99. The van der Waals surface area contributed by atoms with Gasteiger partial charge in [-0.1, -0.05) is 6.07 Å². The van der Waals surface area contributed by atoms with Crippen LogP contribution in [0.4, 0.5) is 11.4 Å². The summed E-state index contributed by atoms with van der Waals surface area (Å²) < 4.78 is 0.699. The van der Waals surface area contributed by atoms with Gasteiger partial charge in [-0.25, -0.2) is 0 Å². The Bertz CT molecular complexity index is 886. The van der Waals surface area contributed by atoms with Crippen LogP contribution in [0, 0.1) is 0 Å². The van der Waals surface area contributed by atoms with E-state index in [1.165, 1.54) is 18.2 Å². The first-order valence-electron chi connectivity index (χ1n) is 6.71. The van der Waals surface area contributed by atoms with Crippen LogP contribution >= 0.6 is 31.9 Å². The molecular formula is C16H10Br2N2O4. The lowest BCUT2D eigenvalue weighted by atomic mass is 10.1. The van der Waals surface area contributed by atoms with Gasteiger partial charge in [0.25, 0.3) is 5.91 Å². The average Bonchev–Trinajstić information content (AvgIpc) is 2.53. The Balaban J connectivity index is 1.95. The molecule has 0 radical (unpaired) electrons. The van der Waals surface area contributed by atoms with Gasteiger partial charge in [-0.3, -0.25) is 9.59 Å². The molecule has 0 saturated carbocycles. The number of amides is 1. The maximum absolute atomic E-state index is 12.4. The molecule has 8 heteroatoms. The number of carbonyl (C=O) groups excluding carboxylic acids is 2.